The van der Waals surface area contributed by atoms with Gasteiger partial charge in [0.25, 0.3) is 5.60 Å². The van der Waals surface area contributed by atoms with Crippen molar-refractivity contribution in [1.82, 2.24) is 0 Å². The summed E-state index contributed by atoms with van der Waals surface area (Å²) in [5, 5.41) is 4.28. The van der Waals surface area contributed by atoms with Crippen LogP contribution in [0.25, 0.3) is 0 Å². The first-order valence-corrected chi connectivity index (χ1v) is 10.8. The Kier molecular flexibility index (Phi) is 7.10. The Morgan fingerprint density at radius 1 is 1.19 bits per heavy atom. The van der Waals surface area contributed by atoms with E-state index in [0.717, 1.165) is 0 Å². The first kappa shape index (κ1) is 24.4. The van der Waals surface area contributed by atoms with E-state index in [-0.39, 0.29) is 39.4 Å². The summed E-state index contributed by atoms with van der Waals surface area (Å²) in [5.74, 6) is -0.430. The molecule has 0 saturated carbocycles. The zero-order chi connectivity index (χ0) is 23.7. The molecule has 0 saturated heterocycles. The highest BCUT2D eigenvalue weighted by molar-refractivity contribution is 6.35. The van der Waals surface area contributed by atoms with E-state index < -0.39 is 24.2 Å². The molecule has 0 aromatic heterocycles. The molecule has 4 nitrogen and oxygen atoms in total. The van der Waals surface area contributed by atoms with Crippen LogP contribution in [0.1, 0.15) is 54.2 Å². The number of carbonyl (C=O) groups is 1. The molecule has 0 bridgehead atoms. The Bertz CT molecular complexity index is 1030. The minimum atomic E-state index is -4.77. The predicted octanol–water partition coefficient (Wildman–Crippen LogP) is 6.95. The molecule has 172 valence electrons. The lowest BCUT2D eigenvalue weighted by atomic mass is 9.84. The van der Waals surface area contributed by atoms with Gasteiger partial charge in [0.1, 0.15) is 0 Å². The van der Waals surface area contributed by atoms with E-state index in [2.05, 4.69) is 5.16 Å². The van der Waals surface area contributed by atoms with Crippen LogP contribution in [0, 0.1) is 5.92 Å². The van der Waals surface area contributed by atoms with Gasteiger partial charge in [0.15, 0.2) is 0 Å². The number of benzene rings is 2. The summed E-state index contributed by atoms with van der Waals surface area (Å²) in [6.07, 6.45) is -5.00. The van der Waals surface area contributed by atoms with Gasteiger partial charge in [-0.15, -0.1) is 0 Å². The second-order valence-corrected chi connectivity index (χ2v) is 8.88. The summed E-state index contributed by atoms with van der Waals surface area (Å²) in [6.45, 7) is 5.77. The lowest BCUT2D eigenvalue weighted by Crippen LogP contribution is -2.42. The van der Waals surface area contributed by atoms with Crippen molar-refractivity contribution in [2.75, 3.05) is 6.61 Å². The van der Waals surface area contributed by atoms with Crippen LogP contribution in [0.3, 0.4) is 0 Å². The minimum Gasteiger partial charge on any atom is -0.462 e. The molecule has 0 fully saturated rings. The van der Waals surface area contributed by atoms with Gasteiger partial charge in [0.2, 0.25) is 0 Å². The molecular weight excluding hydrogens is 466 g/mol. The summed E-state index contributed by atoms with van der Waals surface area (Å²) in [6, 6.07) is 8.36. The maximum absolute atomic E-state index is 14.3. The quantitative estimate of drug-likeness (QED) is 0.414. The number of aryl methyl sites for hydroxylation is 1. The van der Waals surface area contributed by atoms with Crippen molar-refractivity contribution in [3.05, 3.63) is 68.7 Å². The van der Waals surface area contributed by atoms with Gasteiger partial charge < -0.3 is 9.57 Å². The maximum Gasteiger partial charge on any atom is 0.435 e. The van der Waals surface area contributed by atoms with Gasteiger partial charge in [-0.1, -0.05) is 61.3 Å². The SMILES string of the molecule is CCc1cc(C2(C(F)(F)F)CC(c3cc(Cl)cc(Cl)c3)=NO2)ccc1C(=O)OCC(C)C. The van der Waals surface area contributed by atoms with Gasteiger partial charge in [0.05, 0.1) is 17.9 Å². The molecular formula is C23H22Cl2F3NO3. The van der Waals surface area contributed by atoms with Gasteiger partial charge in [-0.25, -0.2) is 4.79 Å². The normalized spacial score (nSPS) is 18.5. The van der Waals surface area contributed by atoms with Crippen LogP contribution in [0.2, 0.25) is 10.0 Å². The van der Waals surface area contributed by atoms with Crippen LogP contribution in [0.5, 0.6) is 0 Å². The zero-order valence-electron chi connectivity index (χ0n) is 17.7. The molecule has 0 amide bonds. The van der Waals surface area contributed by atoms with E-state index in [1.807, 2.05) is 13.8 Å². The number of esters is 1. The van der Waals surface area contributed by atoms with Crippen LogP contribution in [-0.4, -0.2) is 24.5 Å². The van der Waals surface area contributed by atoms with Crippen molar-refractivity contribution in [3.63, 3.8) is 0 Å². The number of rotatable bonds is 6. The molecule has 32 heavy (non-hydrogen) atoms. The number of ether oxygens (including phenoxy) is 1. The lowest BCUT2D eigenvalue weighted by Gasteiger charge is -2.30. The van der Waals surface area contributed by atoms with Crippen LogP contribution in [0.4, 0.5) is 13.2 Å². The molecule has 1 heterocycles. The third kappa shape index (κ3) is 4.89. The van der Waals surface area contributed by atoms with E-state index >= 15 is 0 Å². The van der Waals surface area contributed by atoms with E-state index in [1.165, 1.54) is 36.4 Å². The Labute approximate surface area is 194 Å². The Morgan fingerprint density at radius 3 is 2.41 bits per heavy atom. The average Bonchev–Trinajstić information content (AvgIpc) is 3.18. The zero-order valence-corrected chi connectivity index (χ0v) is 19.2. The summed E-state index contributed by atoms with van der Waals surface area (Å²) in [4.78, 5) is 17.5. The number of hydrogen-bond acceptors (Lipinski definition) is 4. The van der Waals surface area contributed by atoms with Crippen molar-refractivity contribution in [2.24, 2.45) is 11.1 Å². The Morgan fingerprint density at radius 2 is 1.84 bits per heavy atom. The molecule has 3 rings (SSSR count). The van der Waals surface area contributed by atoms with Gasteiger partial charge >= 0.3 is 12.1 Å². The molecule has 0 radical (unpaired) electrons. The first-order chi connectivity index (χ1) is 15.0. The number of hydrogen-bond donors (Lipinski definition) is 0. The summed E-state index contributed by atoms with van der Waals surface area (Å²) < 4.78 is 48.2. The average molecular weight is 488 g/mol. The van der Waals surface area contributed by atoms with E-state index in [4.69, 9.17) is 32.8 Å². The molecule has 0 spiro atoms. The fraction of sp³-hybridized carbons (Fsp3) is 0.391. The number of oxime groups is 1. The smallest absolute Gasteiger partial charge is 0.435 e. The third-order valence-corrected chi connectivity index (χ3v) is 5.54. The number of nitrogens with zero attached hydrogens (tertiary/aromatic N) is 1. The molecule has 1 atom stereocenters. The van der Waals surface area contributed by atoms with Gasteiger partial charge in [-0.2, -0.15) is 13.2 Å². The maximum atomic E-state index is 14.3. The standard InChI is InChI=1S/C23H22Cl2F3NO3/c1-4-14-7-16(5-6-19(14)21(30)31-12-13(2)3)22(23(26,27)28)11-20(29-32-22)15-8-17(24)10-18(25)9-15/h5-10,13H,4,11-12H2,1-3H3. The van der Waals surface area contributed by atoms with Crippen molar-refractivity contribution in [2.45, 2.75) is 45.4 Å². The van der Waals surface area contributed by atoms with Crippen LogP contribution < -0.4 is 0 Å². The summed E-state index contributed by atoms with van der Waals surface area (Å²) in [5.41, 5.74) is -1.75. The molecule has 1 aliphatic rings. The van der Waals surface area contributed by atoms with Gasteiger partial charge in [-0.05, 0) is 42.2 Å². The number of carbonyl (C=O) groups excluding carboxylic acids is 1. The Balaban J connectivity index is 1.98. The monoisotopic (exact) mass is 487 g/mol. The second kappa shape index (κ2) is 9.32. The molecule has 1 aliphatic heterocycles. The molecule has 2 aromatic rings. The molecule has 0 aliphatic carbocycles. The molecule has 0 N–H and O–H groups in total. The van der Waals surface area contributed by atoms with E-state index in [1.54, 1.807) is 6.92 Å². The minimum absolute atomic E-state index is 0.0743. The number of halogens is 5. The molecule has 2 aromatic carbocycles. The van der Waals surface area contributed by atoms with Gasteiger partial charge in [0, 0.05) is 27.6 Å². The van der Waals surface area contributed by atoms with Crippen molar-refractivity contribution in [3.8, 4) is 0 Å². The van der Waals surface area contributed by atoms with E-state index in [9.17, 15) is 18.0 Å². The summed E-state index contributed by atoms with van der Waals surface area (Å²) in [7, 11) is 0. The predicted molar refractivity (Wildman–Crippen MR) is 117 cm³/mol. The first-order valence-electron chi connectivity index (χ1n) is 10.1. The fourth-order valence-electron chi connectivity index (χ4n) is 3.44. The van der Waals surface area contributed by atoms with Crippen LogP contribution in [-0.2, 0) is 21.6 Å². The fourth-order valence-corrected chi connectivity index (χ4v) is 3.96. The van der Waals surface area contributed by atoms with Crippen LogP contribution in [0.15, 0.2) is 41.6 Å². The molecule has 9 heteroatoms. The van der Waals surface area contributed by atoms with E-state index in [0.29, 0.717) is 17.5 Å². The van der Waals surface area contributed by atoms with Crippen molar-refractivity contribution in [1.29, 1.82) is 0 Å². The topological polar surface area (TPSA) is 47.9 Å². The lowest BCUT2D eigenvalue weighted by molar-refractivity contribution is -0.275. The van der Waals surface area contributed by atoms with Crippen molar-refractivity contribution < 1.29 is 27.5 Å². The highest BCUT2D eigenvalue weighted by atomic mass is 35.5. The molecule has 1 unspecified atom stereocenters. The number of alkyl halides is 3. The largest absolute Gasteiger partial charge is 0.462 e. The van der Waals surface area contributed by atoms with Crippen LogP contribution >= 0.6 is 23.2 Å². The highest BCUT2D eigenvalue weighted by Crippen LogP contribution is 2.49. The third-order valence-electron chi connectivity index (χ3n) is 5.10. The second-order valence-electron chi connectivity index (χ2n) is 8.01. The van der Waals surface area contributed by atoms with Crippen molar-refractivity contribution >= 4 is 34.9 Å². The Hall–Kier alpha value is -2.25. The van der Waals surface area contributed by atoms with Gasteiger partial charge in [-0.3, -0.25) is 0 Å². The highest BCUT2D eigenvalue weighted by Gasteiger charge is 2.62. The summed E-state index contributed by atoms with van der Waals surface area (Å²) >= 11 is 12.0.